The first kappa shape index (κ1) is 9.77. The van der Waals surface area contributed by atoms with Crippen LogP contribution in [0.25, 0.3) is 0 Å². The Bertz CT molecular complexity index is 107. The quantitative estimate of drug-likeness (QED) is 0.425. The number of hydrogen-bond acceptors (Lipinski definition) is 0. The summed E-state index contributed by atoms with van der Waals surface area (Å²) in [6, 6.07) is 0. The third-order valence-corrected chi connectivity index (χ3v) is 2.20. The Morgan fingerprint density at radius 3 is 2.50 bits per heavy atom. The molecule has 0 saturated heterocycles. The highest BCUT2D eigenvalue weighted by Crippen LogP contribution is 2.16. The van der Waals surface area contributed by atoms with Crippen molar-refractivity contribution in [3.05, 3.63) is 25.3 Å². The third-order valence-electron chi connectivity index (χ3n) is 1.59. The number of rotatable bonds is 5. The van der Waals surface area contributed by atoms with Crippen LogP contribution in [0, 0.1) is 5.92 Å². The van der Waals surface area contributed by atoms with Crippen LogP contribution < -0.4 is 0 Å². The minimum Gasteiger partial charge on any atom is -0.118 e. The third kappa shape index (κ3) is 3.73. The van der Waals surface area contributed by atoms with E-state index in [1.54, 1.807) is 6.08 Å². The van der Waals surface area contributed by atoms with Gasteiger partial charge in [0, 0.05) is 0 Å². The van der Waals surface area contributed by atoms with Crippen molar-refractivity contribution in [2.24, 2.45) is 5.92 Å². The number of allylic oxidation sites excluding steroid dienone is 2. The Morgan fingerprint density at radius 2 is 2.10 bits per heavy atom. The fourth-order valence-electron chi connectivity index (χ4n) is 0.772. The van der Waals surface area contributed by atoms with Gasteiger partial charge >= 0.3 is 0 Å². The molecule has 0 spiro atoms. The molecule has 0 aromatic carbocycles. The summed E-state index contributed by atoms with van der Waals surface area (Å²) in [6.45, 7) is 9.41. The summed E-state index contributed by atoms with van der Waals surface area (Å²) in [4.78, 5) is 0. The van der Waals surface area contributed by atoms with Crippen LogP contribution in [0.15, 0.2) is 25.3 Å². The zero-order valence-corrected chi connectivity index (χ0v) is 7.27. The predicted molar refractivity (Wildman–Crippen MR) is 48.4 cm³/mol. The lowest BCUT2D eigenvalue weighted by molar-refractivity contribution is 0.553. The number of halogens is 1. The molecule has 0 amide bonds. The topological polar surface area (TPSA) is 0 Å². The fraction of sp³-hybridized carbons (Fsp3) is 0.556. The summed E-state index contributed by atoms with van der Waals surface area (Å²) in [5, 5.41) is 0.111. The van der Waals surface area contributed by atoms with Crippen LogP contribution in [0.4, 0.5) is 0 Å². The summed E-state index contributed by atoms with van der Waals surface area (Å²) in [7, 11) is 0. The molecular weight excluding hydrogens is 144 g/mol. The van der Waals surface area contributed by atoms with Crippen LogP contribution in [0.2, 0.25) is 0 Å². The van der Waals surface area contributed by atoms with Gasteiger partial charge in [0.1, 0.15) is 0 Å². The van der Waals surface area contributed by atoms with Gasteiger partial charge < -0.3 is 0 Å². The second-order valence-electron chi connectivity index (χ2n) is 2.52. The van der Waals surface area contributed by atoms with Crippen molar-refractivity contribution in [1.29, 1.82) is 0 Å². The van der Waals surface area contributed by atoms with E-state index in [1.165, 1.54) is 0 Å². The minimum atomic E-state index is 0.111. The number of alkyl halides is 1. The first-order valence-electron chi connectivity index (χ1n) is 3.60. The lowest BCUT2D eigenvalue weighted by Gasteiger charge is -2.12. The van der Waals surface area contributed by atoms with E-state index in [4.69, 9.17) is 11.6 Å². The first-order valence-corrected chi connectivity index (χ1v) is 4.03. The van der Waals surface area contributed by atoms with Crippen molar-refractivity contribution in [3.63, 3.8) is 0 Å². The van der Waals surface area contributed by atoms with Gasteiger partial charge in [-0.05, 0) is 18.8 Å². The smallest absolute Gasteiger partial charge is 0.0539 e. The molecule has 0 fully saturated rings. The molecule has 2 unspecified atom stereocenters. The van der Waals surface area contributed by atoms with Crippen molar-refractivity contribution < 1.29 is 0 Å². The van der Waals surface area contributed by atoms with Gasteiger partial charge in [0.05, 0.1) is 5.38 Å². The van der Waals surface area contributed by atoms with Gasteiger partial charge in [-0.15, -0.1) is 24.8 Å². The molecule has 0 aliphatic carbocycles. The van der Waals surface area contributed by atoms with Gasteiger partial charge in [0.2, 0.25) is 0 Å². The van der Waals surface area contributed by atoms with Gasteiger partial charge in [-0.25, -0.2) is 0 Å². The van der Waals surface area contributed by atoms with Gasteiger partial charge in [-0.1, -0.05) is 19.1 Å². The lowest BCUT2D eigenvalue weighted by Crippen LogP contribution is -2.07. The molecule has 10 heavy (non-hydrogen) atoms. The highest BCUT2D eigenvalue weighted by Gasteiger charge is 2.08. The molecule has 0 N–H and O–H groups in total. The van der Waals surface area contributed by atoms with Crippen LogP contribution in [0.5, 0.6) is 0 Å². The summed E-state index contributed by atoms with van der Waals surface area (Å²) in [5.74, 6) is 0.511. The monoisotopic (exact) mass is 158 g/mol. The summed E-state index contributed by atoms with van der Waals surface area (Å²) >= 11 is 5.90. The van der Waals surface area contributed by atoms with E-state index in [9.17, 15) is 0 Å². The molecule has 1 heteroatoms. The largest absolute Gasteiger partial charge is 0.118 e. The Labute approximate surface area is 68.6 Å². The normalized spacial score (nSPS) is 15.8. The van der Waals surface area contributed by atoms with E-state index >= 15 is 0 Å². The SMILES string of the molecule is C=CCCC(C)C(Cl)C=C. The van der Waals surface area contributed by atoms with Crippen LogP contribution in [0.3, 0.4) is 0 Å². The molecule has 0 bridgehead atoms. The molecule has 0 aliphatic heterocycles. The Morgan fingerprint density at radius 1 is 1.50 bits per heavy atom. The fourth-order valence-corrected chi connectivity index (χ4v) is 0.898. The second kappa shape index (κ2) is 5.55. The summed E-state index contributed by atoms with van der Waals surface area (Å²) in [6.07, 6.45) is 5.85. The summed E-state index contributed by atoms with van der Waals surface area (Å²) in [5.41, 5.74) is 0. The van der Waals surface area contributed by atoms with Crippen molar-refractivity contribution in [2.45, 2.75) is 25.1 Å². The maximum Gasteiger partial charge on any atom is 0.0539 e. The molecule has 2 atom stereocenters. The molecule has 0 aromatic heterocycles. The van der Waals surface area contributed by atoms with Crippen LogP contribution in [-0.4, -0.2) is 5.38 Å². The molecule has 58 valence electrons. The molecular formula is C9H15Cl. The lowest BCUT2D eigenvalue weighted by atomic mass is 10.0. The molecule has 0 aliphatic rings. The van der Waals surface area contributed by atoms with E-state index in [0.29, 0.717) is 5.92 Å². The highest BCUT2D eigenvalue weighted by molar-refractivity contribution is 6.21. The number of hydrogen-bond donors (Lipinski definition) is 0. The zero-order valence-electron chi connectivity index (χ0n) is 6.52. The molecule has 0 rings (SSSR count). The summed E-state index contributed by atoms with van der Waals surface area (Å²) < 4.78 is 0. The van der Waals surface area contributed by atoms with Crippen molar-refractivity contribution >= 4 is 11.6 Å². The van der Waals surface area contributed by atoms with Gasteiger partial charge in [-0.2, -0.15) is 0 Å². The van der Waals surface area contributed by atoms with Crippen molar-refractivity contribution in [2.75, 3.05) is 0 Å². The van der Waals surface area contributed by atoms with E-state index in [-0.39, 0.29) is 5.38 Å². The molecule has 0 radical (unpaired) electrons. The van der Waals surface area contributed by atoms with Crippen LogP contribution in [-0.2, 0) is 0 Å². The molecule has 0 aromatic rings. The van der Waals surface area contributed by atoms with E-state index in [1.807, 2.05) is 6.08 Å². The Kier molecular flexibility index (Phi) is 5.42. The maximum absolute atomic E-state index is 5.90. The molecule has 0 nitrogen and oxygen atoms in total. The predicted octanol–water partition coefficient (Wildman–Crippen LogP) is 3.38. The van der Waals surface area contributed by atoms with Gasteiger partial charge in [0.15, 0.2) is 0 Å². The van der Waals surface area contributed by atoms with E-state index in [2.05, 4.69) is 20.1 Å². The average Bonchev–Trinajstić information content (AvgIpc) is 1.98. The van der Waals surface area contributed by atoms with Crippen LogP contribution >= 0.6 is 11.6 Å². The molecule has 0 saturated carbocycles. The van der Waals surface area contributed by atoms with Gasteiger partial charge in [0.25, 0.3) is 0 Å². The second-order valence-corrected chi connectivity index (χ2v) is 3.03. The highest BCUT2D eigenvalue weighted by atomic mass is 35.5. The van der Waals surface area contributed by atoms with E-state index in [0.717, 1.165) is 12.8 Å². The zero-order chi connectivity index (χ0) is 7.98. The standard InChI is InChI=1S/C9H15Cl/c1-4-6-7-8(3)9(10)5-2/h4-5,8-9H,1-2,6-7H2,3H3. The molecule has 0 heterocycles. The maximum atomic E-state index is 5.90. The first-order chi connectivity index (χ1) is 4.72. The Balaban J connectivity index is 3.49. The Hall–Kier alpha value is -0.230. The van der Waals surface area contributed by atoms with Gasteiger partial charge in [-0.3, -0.25) is 0 Å². The van der Waals surface area contributed by atoms with Crippen molar-refractivity contribution in [1.82, 2.24) is 0 Å². The van der Waals surface area contributed by atoms with E-state index < -0.39 is 0 Å². The van der Waals surface area contributed by atoms with Crippen LogP contribution in [0.1, 0.15) is 19.8 Å². The average molecular weight is 159 g/mol. The minimum absolute atomic E-state index is 0.111. The van der Waals surface area contributed by atoms with Crippen molar-refractivity contribution in [3.8, 4) is 0 Å².